The Balaban J connectivity index is 1.95. The number of hydrogen-bond acceptors (Lipinski definition) is 4. The van der Waals surface area contributed by atoms with Gasteiger partial charge in [0, 0.05) is 38.5 Å². The minimum atomic E-state index is 0.579. The number of rotatable bonds is 8. The van der Waals surface area contributed by atoms with Crippen LogP contribution in [0.1, 0.15) is 23.7 Å². The van der Waals surface area contributed by atoms with Crippen molar-refractivity contribution < 1.29 is 9.47 Å². The molecule has 0 bridgehead atoms. The Morgan fingerprint density at radius 2 is 2.10 bits per heavy atom. The maximum atomic E-state index is 5.48. The normalized spacial score (nSPS) is 10.8. The summed E-state index contributed by atoms with van der Waals surface area (Å²) in [6.45, 7) is 4.87. The summed E-state index contributed by atoms with van der Waals surface area (Å²) in [4.78, 5) is 0. The molecule has 21 heavy (non-hydrogen) atoms. The SMILES string of the molecule is CCOCc1cc(CNCc2ccnn2C)ccc1OC. The van der Waals surface area contributed by atoms with Crippen molar-refractivity contribution in [2.75, 3.05) is 13.7 Å². The van der Waals surface area contributed by atoms with E-state index in [9.17, 15) is 0 Å². The van der Waals surface area contributed by atoms with Gasteiger partial charge in [0.15, 0.2) is 0 Å². The number of methoxy groups -OCH3 is 1. The second-order valence-corrected chi connectivity index (χ2v) is 4.83. The van der Waals surface area contributed by atoms with Gasteiger partial charge in [-0.05, 0) is 30.7 Å². The molecule has 114 valence electrons. The van der Waals surface area contributed by atoms with Crippen molar-refractivity contribution in [1.29, 1.82) is 0 Å². The van der Waals surface area contributed by atoms with E-state index in [-0.39, 0.29) is 0 Å². The van der Waals surface area contributed by atoms with Crippen molar-refractivity contribution in [2.24, 2.45) is 7.05 Å². The molecule has 0 unspecified atom stereocenters. The Kier molecular flexibility index (Phi) is 5.78. The highest BCUT2D eigenvalue weighted by atomic mass is 16.5. The Morgan fingerprint density at radius 1 is 1.24 bits per heavy atom. The molecule has 1 N–H and O–H groups in total. The molecule has 0 fully saturated rings. The number of nitrogens with zero attached hydrogens (tertiary/aromatic N) is 2. The first-order valence-corrected chi connectivity index (χ1v) is 7.15. The first-order valence-electron chi connectivity index (χ1n) is 7.15. The lowest BCUT2D eigenvalue weighted by Crippen LogP contribution is -2.15. The van der Waals surface area contributed by atoms with E-state index in [1.54, 1.807) is 7.11 Å². The van der Waals surface area contributed by atoms with Gasteiger partial charge in [-0.1, -0.05) is 6.07 Å². The molecule has 0 amide bonds. The van der Waals surface area contributed by atoms with Crippen molar-refractivity contribution in [3.8, 4) is 5.75 Å². The molecule has 0 aliphatic heterocycles. The Labute approximate surface area is 125 Å². The van der Waals surface area contributed by atoms with Gasteiger partial charge in [-0.3, -0.25) is 4.68 Å². The molecule has 0 saturated carbocycles. The van der Waals surface area contributed by atoms with Crippen molar-refractivity contribution in [1.82, 2.24) is 15.1 Å². The molecule has 0 spiro atoms. The van der Waals surface area contributed by atoms with Crippen LogP contribution in [0, 0.1) is 0 Å². The second-order valence-electron chi connectivity index (χ2n) is 4.83. The molecule has 1 aromatic carbocycles. The summed E-state index contributed by atoms with van der Waals surface area (Å²) in [6.07, 6.45) is 1.81. The number of aromatic nitrogens is 2. The highest BCUT2D eigenvalue weighted by Gasteiger charge is 2.05. The third kappa shape index (κ3) is 4.31. The van der Waals surface area contributed by atoms with Gasteiger partial charge in [-0.2, -0.15) is 5.10 Å². The largest absolute Gasteiger partial charge is 0.496 e. The lowest BCUT2D eigenvalue weighted by molar-refractivity contribution is 0.132. The van der Waals surface area contributed by atoms with E-state index in [2.05, 4.69) is 22.5 Å². The van der Waals surface area contributed by atoms with E-state index in [0.717, 1.165) is 30.1 Å². The van der Waals surface area contributed by atoms with Gasteiger partial charge >= 0.3 is 0 Å². The number of ether oxygens (including phenoxy) is 2. The molecule has 5 nitrogen and oxygen atoms in total. The number of nitrogens with one attached hydrogen (secondary N) is 1. The standard InChI is InChI=1S/C16H23N3O2/c1-4-21-12-14-9-13(5-6-16(14)20-3)10-17-11-15-7-8-18-19(15)2/h5-9,17H,4,10-12H2,1-3H3. The van der Waals surface area contributed by atoms with Crippen molar-refractivity contribution in [3.05, 3.63) is 47.3 Å². The minimum Gasteiger partial charge on any atom is -0.496 e. The molecule has 0 aliphatic carbocycles. The Hall–Kier alpha value is -1.85. The van der Waals surface area contributed by atoms with Gasteiger partial charge in [0.2, 0.25) is 0 Å². The monoisotopic (exact) mass is 289 g/mol. The summed E-state index contributed by atoms with van der Waals surface area (Å²) in [5.74, 6) is 0.874. The number of hydrogen-bond donors (Lipinski definition) is 1. The highest BCUT2D eigenvalue weighted by Crippen LogP contribution is 2.20. The average molecular weight is 289 g/mol. The predicted octanol–water partition coefficient (Wildman–Crippen LogP) is 2.25. The van der Waals surface area contributed by atoms with Gasteiger partial charge in [0.25, 0.3) is 0 Å². The van der Waals surface area contributed by atoms with Crippen LogP contribution in [0.25, 0.3) is 0 Å². The summed E-state index contributed by atoms with van der Waals surface area (Å²) in [5, 5.41) is 7.58. The molecule has 0 radical (unpaired) electrons. The van der Waals surface area contributed by atoms with Crippen LogP contribution in [0.5, 0.6) is 5.75 Å². The molecule has 2 rings (SSSR count). The van der Waals surface area contributed by atoms with Crippen molar-refractivity contribution in [2.45, 2.75) is 26.6 Å². The number of aryl methyl sites for hydroxylation is 1. The topological polar surface area (TPSA) is 48.3 Å². The van der Waals surface area contributed by atoms with E-state index < -0.39 is 0 Å². The third-order valence-electron chi connectivity index (χ3n) is 3.36. The smallest absolute Gasteiger partial charge is 0.124 e. The van der Waals surface area contributed by atoms with E-state index >= 15 is 0 Å². The highest BCUT2D eigenvalue weighted by molar-refractivity contribution is 5.36. The zero-order chi connectivity index (χ0) is 15.1. The van der Waals surface area contributed by atoms with Crippen LogP contribution < -0.4 is 10.1 Å². The lowest BCUT2D eigenvalue weighted by Gasteiger charge is -2.11. The van der Waals surface area contributed by atoms with Crippen LogP contribution in [0.2, 0.25) is 0 Å². The van der Waals surface area contributed by atoms with Crippen LogP contribution in [0.15, 0.2) is 30.5 Å². The summed E-state index contributed by atoms with van der Waals surface area (Å²) >= 11 is 0. The second kappa shape index (κ2) is 7.81. The lowest BCUT2D eigenvalue weighted by atomic mass is 10.1. The third-order valence-corrected chi connectivity index (χ3v) is 3.36. The van der Waals surface area contributed by atoms with E-state index in [1.165, 1.54) is 5.56 Å². The average Bonchev–Trinajstić information content (AvgIpc) is 2.91. The molecule has 1 aromatic heterocycles. The van der Waals surface area contributed by atoms with Crippen LogP contribution in [-0.2, 0) is 31.5 Å². The Bertz CT molecular complexity index is 566. The first kappa shape index (κ1) is 15.5. The minimum absolute atomic E-state index is 0.579. The maximum absolute atomic E-state index is 5.48. The first-order chi connectivity index (χ1) is 10.2. The molecule has 2 aromatic rings. The van der Waals surface area contributed by atoms with Crippen molar-refractivity contribution in [3.63, 3.8) is 0 Å². The van der Waals surface area contributed by atoms with Gasteiger partial charge in [-0.25, -0.2) is 0 Å². The van der Waals surface area contributed by atoms with Gasteiger partial charge in [-0.15, -0.1) is 0 Å². The predicted molar refractivity (Wildman–Crippen MR) is 82.1 cm³/mol. The molecular weight excluding hydrogens is 266 g/mol. The quantitative estimate of drug-likeness (QED) is 0.810. The molecule has 0 aliphatic rings. The van der Waals surface area contributed by atoms with Crippen LogP contribution >= 0.6 is 0 Å². The molecule has 1 heterocycles. The van der Waals surface area contributed by atoms with Crippen LogP contribution in [0.3, 0.4) is 0 Å². The van der Waals surface area contributed by atoms with Crippen LogP contribution in [0.4, 0.5) is 0 Å². The number of benzene rings is 1. The fourth-order valence-electron chi connectivity index (χ4n) is 2.18. The van der Waals surface area contributed by atoms with Gasteiger partial charge in [0.1, 0.15) is 5.75 Å². The molecular formula is C16H23N3O2. The molecule has 5 heteroatoms. The zero-order valence-electron chi connectivity index (χ0n) is 12.9. The van der Waals surface area contributed by atoms with Gasteiger partial charge < -0.3 is 14.8 Å². The van der Waals surface area contributed by atoms with E-state index in [1.807, 2.05) is 37.0 Å². The maximum Gasteiger partial charge on any atom is 0.124 e. The van der Waals surface area contributed by atoms with E-state index in [4.69, 9.17) is 9.47 Å². The summed E-state index contributed by atoms with van der Waals surface area (Å²) in [5.41, 5.74) is 3.46. The fraction of sp³-hybridized carbons (Fsp3) is 0.438. The van der Waals surface area contributed by atoms with Gasteiger partial charge in [0.05, 0.1) is 19.4 Å². The molecule has 0 saturated heterocycles. The Morgan fingerprint density at radius 3 is 2.76 bits per heavy atom. The van der Waals surface area contributed by atoms with Crippen LogP contribution in [-0.4, -0.2) is 23.5 Å². The van der Waals surface area contributed by atoms with Crippen molar-refractivity contribution >= 4 is 0 Å². The van der Waals surface area contributed by atoms with E-state index in [0.29, 0.717) is 13.2 Å². The fourth-order valence-corrected chi connectivity index (χ4v) is 2.18. The summed E-state index contributed by atoms with van der Waals surface area (Å²) < 4.78 is 12.7. The summed E-state index contributed by atoms with van der Waals surface area (Å²) in [7, 11) is 3.63. The molecule has 0 atom stereocenters. The zero-order valence-corrected chi connectivity index (χ0v) is 12.9. The summed E-state index contributed by atoms with van der Waals surface area (Å²) in [6, 6.07) is 8.21.